The van der Waals surface area contributed by atoms with Crippen LogP contribution in [0.25, 0.3) is 12.2 Å². The number of imidazole rings is 1. The van der Waals surface area contributed by atoms with Crippen LogP contribution < -0.4 is 11.1 Å². The van der Waals surface area contributed by atoms with Crippen LogP contribution in [0.2, 0.25) is 0 Å². The van der Waals surface area contributed by atoms with Crippen LogP contribution in [-0.4, -0.2) is 26.9 Å². The number of nitrogens with one attached hydrogen (secondary N) is 2. The summed E-state index contributed by atoms with van der Waals surface area (Å²) in [4.78, 5) is 31.0. The molecule has 7 heteroatoms. The fraction of sp³-hybridized carbons (Fsp3) is 0.211. The number of benzene rings is 1. The predicted molar refractivity (Wildman–Crippen MR) is 99.7 cm³/mol. The standard InChI is InChI=1S/C19H22N4O3/c1-19(2,3)17-13(21-11-22-17)8-9-16(25)23-14(18(20)26)10-12-6-4-5-7-15(12)24/h4-11,24H,1-3H3,(H2,20,26)(H,21,22)(H,23,25)/b9-8+,14-10-. The Morgan fingerprint density at radius 1 is 1.27 bits per heavy atom. The van der Waals surface area contributed by atoms with E-state index in [4.69, 9.17) is 5.73 Å². The molecule has 0 atom stereocenters. The number of amides is 2. The maximum absolute atomic E-state index is 12.1. The molecule has 0 radical (unpaired) electrons. The molecule has 2 rings (SSSR count). The smallest absolute Gasteiger partial charge is 0.265 e. The van der Waals surface area contributed by atoms with Gasteiger partial charge in [-0.3, -0.25) is 9.59 Å². The number of hydrogen-bond donors (Lipinski definition) is 4. The lowest BCUT2D eigenvalue weighted by atomic mass is 9.90. The van der Waals surface area contributed by atoms with Crippen molar-refractivity contribution in [2.24, 2.45) is 5.73 Å². The molecule has 0 saturated heterocycles. The van der Waals surface area contributed by atoms with Crippen molar-refractivity contribution in [1.29, 1.82) is 0 Å². The summed E-state index contributed by atoms with van der Waals surface area (Å²) in [5.74, 6) is -1.37. The molecule has 26 heavy (non-hydrogen) atoms. The van der Waals surface area contributed by atoms with Gasteiger partial charge in [0, 0.05) is 22.7 Å². The minimum Gasteiger partial charge on any atom is -0.507 e. The number of primary amides is 1. The van der Waals surface area contributed by atoms with Crippen molar-refractivity contribution in [3.05, 3.63) is 59.3 Å². The minimum absolute atomic E-state index is 0.0256. The van der Waals surface area contributed by atoms with E-state index in [1.165, 1.54) is 18.2 Å². The molecule has 2 amide bonds. The number of phenolic OH excluding ortho intramolecular Hbond substituents is 1. The largest absolute Gasteiger partial charge is 0.507 e. The highest BCUT2D eigenvalue weighted by Crippen LogP contribution is 2.23. The summed E-state index contributed by atoms with van der Waals surface area (Å²) in [6.07, 6.45) is 5.71. The van der Waals surface area contributed by atoms with Gasteiger partial charge in [0.1, 0.15) is 11.4 Å². The summed E-state index contributed by atoms with van der Waals surface area (Å²) < 4.78 is 0. The van der Waals surface area contributed by atoms with Gasteiger partial charge in [-0.1, -0.05) is 39.0 Å². The topological polar surface area (TPSA) is 121 Å². The lowest BCUT2D eigenvalue weighted by Crippen LogP contribution is -2.29. The van der Waals surface area contributed by atoms with E-state index in [0.717, 1.165) is 5.69 Å². The van der Waals surface area contributed by atoms with Crippen molar-refractivity contribution < 1.29 is 14.7 Å². The average molecular weight is 354 g/mol. The van der Waals surface area contributed by atoms with Gasteiger partial charge in [-0.25, -0.2) is 4.98 Å². The molecule has 0 aliphatic heterocycles. The third-order valence-electron chi connectivity index (χ3n) is 3.57. The van der Waals surface area contributed by atoms with Gasteiger partial charge in [-0.2, -0.15) is 0 Å². The van der Waals surface area contributed by atoms with Crippen molar-refractivity contribution >= 4 is 24.0 Å². The molecule has 0 aliphatic rings. The van der Waals surface area contributed by atoms with Crippen LogP contribution in [0.5, 0.6) is 5.75 Å². The second-order valence-corrected chi connectivity index (χ2v) is 6.72. The average Bonchev–Trinajstić information content (AvgIpc) is 3.03. The molecule has 1 heterocycles. The van der Waals surface area contributed by atoms with Crippen LogP contribution >= 0.6 is 0 Å². The number of nitrogens with two attached hydrogens (primary N) is 1. The molecule has 1 aromatic heterocycles. The maximum atomic E-state index is 12.1. The van der Waals surface area contributed by atoms with Crippen molar-refractivity contribution in [1.82, 2.24) is 15.3 Å². The molecule has 0 fully saturated rings. The lowest BCUT2D eigenvalue weighted by Gasteiger charge is -2.17. The van der Waals surface area contributed by atoms with Gasteiger partial charge < -0.3 is 21.1 Å². The van der Waals surface area contributed by atoms with Crippen LogP contribution in [0.4, 0.5) is 0 Å². The van der Waals surface area contributed by atoms with Crippen LogP contribution in [-0.2, 0) is 15.0 Å². The molecule has 2 aromatic rings. The molecular weight excluding hydrogens is 332 g/mol. The van der Waals surface area contributed by atoms with Gasteiger partial charge >= 0.3 is 0 Å². The Morgan fingerprint density at radius 2 is 1.96 bits per heavy atom. The van der Waals surface area contributed by atoms with E-state index in [-0.39, 0.29) is 16.9 Å². The number of aromatic nitrogens is 2. The Bertz CT molecular complexity index is 873. The van der Waals surface area contributed by atoms with E-state index in [9.17, 15) is 14.7 Å². The summed E-state index contributed by atoms with van der Waals surface area (Å²) in [5.41, 5.74) is 6.92. The highest BCUT2D eigenvalue weighted by molar-refractivity contribution is 6.03. The first-order valence-corrected chi connectivity index (χ1v) is 8.01. The zero-order valence-electron chi connectivity index (χ0n) is 14.9. The van der Waals surface area contributed by atoms with Gasteiger partial charge in [0.2, 0.25) is 5.91 Å². The quantitative estimate of drug-likeness (QED) is 0.614. The normalized spacial score (nSPS) is 12.3. The summed E-state index contributed by atoms with van der Waals surface area (Å²) >= 11 is 0. The molecule has 1 aromatic carbocycles. The van der Waals surface area contributed by atoms with Crippen LogP contribution in [0, 0.1) is 0 Å². The Balaban J connectivity index is 2.18. The highest BCUT2D eigenvalue weighted by Gasteiger charge is 2.19. The fourth-order valence-corrected chi connectivity index (χ4v) is 2.29. The summed E-state index contributed by atoms with van der Waals surface area (Å²) in [6, 6.07) is 6.41. The maximum Gasteiger partial charge on any atom is 0.265 e. The predicted octanol–water partition coefficient (Wildman–Crippen LogP) is 2.07. The van der Waals surface area contributed by atoms with Crippen molar-refractivity contribution in [3.63, 3.8) is 0 Å². The first-order chi connectivity index (χ1) is 12.2. The molecule has 0 aliphatic carbocycles. The summed E-state index contributed by atoms with van der Waals surface area (Å²) in [5, 5.41) is 12.2. The second-order valence-electron chi connectivity index (χ2n) is 6.72. The van der Waals surface area contributed by atoms with Crippen molar-refractivity contribution in [2.45, 2.75) is 26.2 Å². The van der Waals surface area contributed by atoms with Gasteiger partial charge in [-0.05, 0) is 18.2 Å². The Labute approximate surface area is 151 Å². The second kappa shape index (κ2) is 7.69. The van der Waals surface area contributed by atoms with Crippen LogP contribution in [0.1, 0.15) is 37.7 Å². The number of aromatic amines is 1. The zero-order chi connectivity index (χ0) is 19.3. The van der Waals surface area contributed by atoms with Crippen molar-refractivity contribution in [3.8, 4) is 5.75 Å². The molecule has 0 saturated carbocycles. The number of nitrogens with zero attached hydrogens (tertiary/aromatic N) is 1. The lowest BCUT2D eigenvalue weighted by molar-refractivity contribution is -0.119. The summed E-state index contributed by atoms with van der Waals surface area (Å²) in [6.45, 7) is 6.08. The van der Waals surface area contributed by atoms with Crippen LogP contribution in [0.15, 0.2) is 42.4 Å². The number of carbonyl (C=O) groups excluding carboxylic acids is 2. The van der Waals surface area contributed by atoms with Gasteiger partial charge in [0.25, 0.3) is 5.91 Å². The van der Waals surface area contributed by atoms with Crippen molar-refractivity contribution in [2.75, 3.05) is 0 Å². The van der Waals surface area contributed by atoms with Gasteiger partial charge in [-0.15, -0.1) is 0 Å². The van der Waals surface area contributed by atoms with E-state index in [1.807, 2.05) is 20.8 Å². The zero-order valence-corrected chi connectivity index (χ0v) is 14.9. The third-order valence-corrected chi connectivity index (χ3v) is 3.57. The van der Waals surface area contributed by atoms with Gasteiger partial charge in [0.05, 0.1) is 12.0 Å². The van der Waals surface area contributed by atoms with E-state index in [2.05, 4.69) is 15.3 Å². The molecule has 5 N–H and O–H groups in total. The number of para-hydroxylation sites is 1. The van der Waals surface area contributed by atoms with E-state index in [1.54, 1.807) is 30.6 Å². The molecule has 0 spiro atoms. The molecule has 136 valence electrons. The Kier molecular flexibility index (Phi) is 5.61. The van der Waals surface area contributed by atoms with E-state index < -0.39 is 11.8 Å². The van der Waals surface area contributed by atoms with Crippen LogP contribution in [0.3, 0.4) is 0 Å². The molecule has 7 nitrogen and oxygen atoms in total. The molecule has 0 bridgehead atoms. The number of carbonyl (C=O) groups is 2. The molecule has 0 unspecified atom stereocenters. The van der Waals surface area contributed by atoms with E-state index in [0.29, 0.717) is 11.3 Å². The SMILES string of the molecule is CC(C)(C)c1[nH]cnc1/C=C/C(=O)N/C(=C\c1ccccc1O)C(N)=O. The molecular formula is C19H22N4O3. The number of rotatable bonds is 5. The monoisotopic (exact) mass is 354 g/mol. The number of phenols is 1. The Morgan fingerprint density at radius 3 is 2.58 bits per heavy atom. The van der Waals surface area contributed by atoms with E-state index >= 15 is 0 Å². The number of H-pyrrole nitrogens is 1. The minimum atomic E-state index is -0.815. The fourth-order valence-electron chi connectivity index (χ4n) is 2.29. The van der Waals surface area contributed by atoms with Gasteiger partial charge in [0.15, 0.2) is 0 Å². The third kappa shape index (κ3) is 4.83. The highest BCUT2D eigenvalue weighted by atomic mass is 16.3. The Hall–Kier alpha value is -3.35. The summed E-state index contributed by atoms with van der Waals surface area (Å²) in [7, 11) is 0. The number of aromatic hydroxyl groups is 1. The number of hydrogen-bond acceptors (Lipinski definition) is 4. The first kappa shape index (κ1) is 19.0. The first-order valence-electron chi connectivity index (χ1n) is 8.01.